The molecule has 2 aromatic rings. The molecule has 1 N–H and O–H groups in total. The first-order valence-electron chi connectivity index (χ1n) is 10.1. The number of halogens is 3. The summed E-state index contributed by atoms with van der Waals surface area (Å²) in [4.78, 5) is 25.7. The molecule has 2 aliphatic rings. The Hall–Kier alpha value is -2.37. The lowest BCUT2D eigenvalue weighted by atomic mass is 9.87. The SMILES string of the molecule is CN(Cc1ccco1)C1COC2(CCN(C(=O)c3ccsc3)CC2)C1.O=C(O)C(F)(F)F. The van der Waals surface area contributed by atoms with Crippen molar-refractivity contribution in [3.63, 3.8) is 0 Å². The molecule has 0 aromatic carbocycles. The molecule has 1 spiro atoms. The number of ether oxygens (including phenoxy) is 1. The molecule has 1 unspecified atom stereocenters. The number of thiophene rings is 1. The first-order valence-corrected chi connectivity index (χ1v) is 11.0. The van der Waals surface area contributed by atoms with Gasteiger partial charge >= 0.3 is 12.1 Å². The second-order valence-electron chi connectivity index (χ2n) is 7.95. The molecule has 2 fully saturated rings. The monoisotopic (exact) mass is 474 g/mol. The molecule has 2 aromatic heterocycles. The van der Waals surface area contributed by atoms with E-state index in [1.165, 1.54) is 0 Å². The van der Waals surface area contributed by atoms with E-state index in [0.717, 1.165) is 56.8 Å². The van der Waals surface area contributed by atoms with Gasteiger partial charge in [0.1, 0.15) is 5.76 Å². The van der Waals surface area contributed by atoms with E-state index in [4.69, 9.17) is 19.1 Å². The third-order valence-corrected chi connectivity index (χ3v) is 6.45. The van der Waals surface area contributed by atoms with Crippen LogP contribution in [0, 0.1) is 0 Å². The second kappa shape index (κ2) is 10.1. The number of hydrogen-bond donors (Lipinski definition) is 1. The summed E-state index contributed by atoms with van der Waals surface area (Å²) in [6.07, 6.45) is -0.483. The smallest absolute Gasteiger partial charge is 0.475 e. The highest BCUT2D eigenvalue weighted by Crippen LogP contribution is 2.38. The number of likely N-dealkylation sites (N-methyl/N-ethyl adjacent to an activating group) is 1. The number of alkyl halides is 3. The Morgan fingerprint density at radius 3 is 2.53 bits per heavy atom. The van der Waals surface area contributed by atoms with Gasteiger partial charge in [0.25, 0.3) is 5.91 Å². The van der Waals surface area contributed by atoms with E-state index < -0.39 is 12.1 Å². The minimum atomic E-state index is -5.08. The summed E-state index contributed by atoms with van der Waals surface area (Å²) in [6.45, 7) is 3.13. The number of amides is 1. The first kappa shape index (κ1) is 24.3. The maximum atomic E-state index is 12.5. The number of carboxylic acids is 1. The van der Waals surface area contributed by atoms with Gasteiger partial charge in [-0.2, -0.15) is 24.5 Å². The summed E-state index contributed by atoms with van der Waals surface area (Å²) < 4.78 is 43.4. The minimum Gasteiger partial charge on any atom is -0.475 e. The molecule has 4 rings (SSSR count). The lowest BCUT2D eigenvalue weighted by Gasteiger charge is -2.38. The van der Waals surface area contributed by atoms with Gasteiger partial charge in [-0.1, -0.05) is 0 Å². The van der Waals surface area contributed by atoms with Gasteiger partial charge in [0, 0.05) is 24.5 Å². The average molecular weight is 475 g/mol. The molecular formula is C21H25F3N2O5S. The molecular weight excluding hydrogens is 449 g/mol. The van der Waals surface area contributed by atoms with E-state index in [-0.39, 0.29) is 11.5 Å². The lowest BCUT2D eigenvalue weighted by Crippen LogP contribution is -2.47. The normalized spacial score (nSPS) is 20.3. The first-order chi connectivity index (χ1) is 15.1. The lowest BCUT2D eigenvalue weighted by molar-refractivity contribution is -0.192. The molecule has 0 saturated carbocycles. The van der Waals surface area contributed by atoms with Crippen LogP contribution in [0.3, 0.4) is 0 Å². The molecule has 2 aliphatic heterocycles. The molecule has 1 atom stereocenters. The zero-order valence-electron chi connectivity index (χ0n) is 17.5. The number of nitrogens with zero attached hydrogens (tertiary/aromatic N) is 2. The molecule has 11 heteroatoms. The predicted octanol–water partition coefficient (Wildman–Crippen LogP) is 3.87. The Morgan fingerprint density at radius 1 is 1.31 bits per heavy atom. The van der Waals surface area contributed by atoms with Crippen molar-refractivity contribution in [2.75, 3.05) is 26.7 Å². The standard InChI is InChI=1S/C19H24N2O3S.C2HF3O2/c1-20(12-17-3-2-9-23-17)16-11-19(24-13-16)5-7-21(8-6-19)18(22)15-4-10-25-14-15;3-2(4,5)1(6)7/h2-4,9-10,14,16H,5-8,11-13H2,1H3;(H,6,7). The zero-order chi connectivity index (χ0) is 23.4. The van der Waals surface area contributed by atoms with E-state index in [2.05, 4.69) is 11.9 Å². The van der Waals surface area contributed by atoms with Gasteiger partial charge in [-0.3, -0.25) is 9.69 Å². The molecule has 4 heterocycles. The Balaban J connectivity index is 0.000000360. The fourth-order valence-electron chi connectivity index (χ4n) is 3.92. The van der Waals surface area contributed by atoms with Crippen LogP contribution in [0.2, 0.25) is 0 Å². The van der Waals surface area contributed by atoms with E-state index in [1.54, 1.807) is 17.6 Å². The van der Waals surface area contributed by atoms with Gasteiger partial charge in [-0.05, 0) is 49.9 Å². The van der Waals surface area contributed by atoms with Crippen LogP contribution in [0.25, 0.3) is 0 Å². The maximum absolute atomic E-state index is 12.5. The van der Waals surface area contributed by atoms with Gasteiger partial charge in [-0.15, -0.1) is 0 Å². The quantitative estimate of drug-likeness (QED) is 0.725. The van der Waals surface area contributed by atoms with Crippen LogP contribution in [-0.2, 0) is 16.1 Å². The number of piperidine rings is 1. The van der Waals surface area contributed by atoms with Crippen LogP contribution in [0.5, 0.6) is 0 Å². The van der Waals surface area contributed by atoms with Crippen molar-refractivity contribution >= 4 is 23.2 Å². The summed E-state index contributed by atoms with van der Waals surface area (Å²) in [5.74, 6) is -1.62. The highest BCUT2D eigenvalue weighted by Gasteiger charge is 2.44. The van der Waals surface area contributed by atoms with Crippen molar-refractivity contribution in [1.29, 1.82) is 0 Å². The van der Waals surface area contributed by atoms with E-state index >= 15 is 0 Å². The Morgan fingerprint density at radius 2 is 2.00 bits per heavy atom. The molecule has 0 radical (unpaired) electrons. The third kappa shape index (κ3) is 6.11. The van der Waals surface area contributed by atoms with Gasteiger partial charge in [0.05, 0.1) is 30.6 Å². The van der Waals surface area contributed by atoms with Gasteiger partial charge < -0.3 is 19.2 Å². The molecule has 2 saturated heterocycles. The van der Waals surface area contributed by atoms with Crippen molar-refractivity contribution in [2.45, 2.75) is 43.6 Å². The summed E-state index contributed by atoms with van der Waals surface area (Å²) in [5, 5.41) is 11.0. The molecule has 176 valence electrons. The van der Waals surface area contributed by atoms with Crippen LogP contribution >= 0.6 is 11.3 Å². The Bertz CT molecular complexity index is 878. The Labute approximate surface area is 187 Å². The molecule has 7 nitrogen and oxygen atoms in total. The van der Waals surface area contributed by atoms with Crippen LogP contribution in [0.1, 0.15) is 35.4 Å². The maximum Gasteiger partial charge on any atom is 0.490 e. The third-order valence-electron chi connectivity index (χ3n) is 5.77. The van der Waals surface area contributed by atoms with E-state index in [9.17, 15) is 18.0 Å². The van der Waals surface area contributed by atoms with E-state index in [1.807, 2.05) is 33.9 Å². The summed E-state index contributed by atoms with van der Waals surface area (Å²) in [5.41, 5.74) is 0.748. The van der Waals surface area contributed by atoms with Gasteiger partial charge in [-0.25, -0.2) is 4.79 Å². The fourth-order valence-corrected chi connectivity index (χ4v) is 4.55. The number of aliphatic carboxylic acids is 1. The van der Waals surface area contributed by atoms with Gasteiger partial charge in [0.2, 0.25) is 0 Å². The molecule has 0 bridgehead atoms. The number of hydrogen-bond acceptors (Lipinski definition) is 6. The van der Waals surface area contributed by atoms with Crippen LogP contribution in [0.4, 0.5) is 13.2 Å². The number of carbonyl (C=O) groups is 2. The molecule has 1 amide bonds. The van der Waals surface area contributed by atoms with Crippen molar-refractivity contribution in [3.05, 3.63) is 46.5 Å². The number of rotatable bonds is 4. The van der Waals surface area contributed by atoms with Crippen molar-refractivity contribution < 1.29 is 37.0 Å². The average Bonchev–Trinajstić information content (AvgIpc) is 3.50. The second-order valence-corrected chi connectivity index (χ2v) is 8.73. The molecule has 0 aliphatic carbocycles. The van der Waals surface area contributed by atoms with Crippen molar-refractivity contribution in [2.24, 2.45) is 0 Å². The zero-order valence-corrected chi connectivity index (χ0v) is 18.3. The topological polar surface area (TPSA) is 83.2 Å². The molecule has 32 heavy (non-hydrogen) atoms. The largest absolute Gasteiger partial charge is 0.490 e. The van der Waals surface area contributed by atoms with Gasteiger partial charge in [0.15, 0.2) is 0 Å². The fraction of sp³-hybridized carbons (Fsp3) is 0.524. The highest BCUT2D eigenvalue weighted by molar-refractivity contribution is 7.08. The summed E-state index contributed by atoms with van der Waals surface area (Å²) in [6, 6.07) is 6.25. The Kier molecular flexibility index (Phi) is 7.63. The minimum absolute atomic E-state index is 0.0620. The summed E-state index contributed by atoms with van der Waals surface area (Å²) in [7, 11) is 2.13. The number of furan rings is 1. The highest BCUT2D eigenvalue weighted by atomic mass is 32.1. The van der Waals surface area contributed by atoms with Crippen LogP contribution in [-0.4, -0.2) is 71.3 Å². The summed E-state index contributed by atoms with van der Waals surface area (Å²) >= 11 is 1.57. The number of likely N-dealkylation sites (tertiary alicyclic amines) is 1. The van der Waals surface area contributed by atoms with Crippen molar-refractivity contribution in [1.82, 2.24) is 9.80 Å². The van der Waals surface area contributed by atoms with Crippen molar-refractivity contribution in [3.8, 4) is 0 Å². The van der Waals surface area contributed by atoms with E-state index in [0.29, 0.717) is 6.04 Å². The number of carboxylic acid groups (broad SMARTS) is 1. The van der Waals surface area contributed by atoms with Crippen LogP contribution in [0.15, 0.2) is 39.6 Å². The number of carbonyl (C=O) groups excluding carboxylic acids is 1. The predicted molar refractivity (Wildman–Crippen MR) is 110 cm³/mol. The van der Waals surface area contributed by atoms with Crippen LogP contribution < -0.4 is 0 Å².